The Labute approximate surface area is 142 Å². The van der Waals surface area contributed by atoms with Gasteiger partial charge in [0.1, 0.15) is 5.75 Å². The van der Waals surface area contributed by atoms with Crippen molar-refractivity contribution in [3.63, 3.8) is 0 Å². The Morgan fingerprint density at radius 1 is 1.12 bits per heavy atom. The minimum atomic E-state index is -1.06. The summed E-state index contributed by atoms with van der Waals surface area (Å²) < 4.78 is 5.31. The van der Waals surface area contributed by atoms with Crippen molar-refractivity contribution in [3.05, 3.63) is 29.8 Å². The van der Waals surface area contributed by atoms with Crippen LogP contribution in [0.25, 0.3) is 0 Å². The van der Waals surface area contributed by atoms with Crippen molar-refractivity contribution in [2.24, 2.45) is 23.7 Å². The third kappa shape index (κ3) is 3.25. The van der Waals surface area contributed by atoms with E-state index in [1.165, 1.54) is 0 Å². The normalized spacial score (nSPS) is 28.4. The van der Waals surface area contributed by atoms with E-state index in [9.17, 15) is 14.7 Å². The smallest absolute Gasteiger partial charge is 0.224 e. The fourth-order valence-electron chi connectivity index (χ4n) is 4.51. The molecule has 0 spiro atoms. The van der Waals surface area contributed by atoms with Gasteiger partial charge in [-0.1, -0.05) is 18.2 Å². The number of carbonyl (C=O) groups is 2. The predicted octanol–water partition coefficient (Wildman–Crippen LogP) is 1.16. The Morgan fingerprint density at radius 2 is 1.75 bits per heavy atom. The summed E-state index contributed by atoms with van der Waals surface area (Å²) in [4.78, 5) is 24.1. The van der Waals surface area contributed by atoms with Gasteiger partial charge in [0, 0.05) is 24.3 Å². The van der Waals surface area contributed by atoms with Crippen molar-refractivity contribution < 1.29 is 19.4 Å². The summed E-state index contributed by atoms with van der Waals surface area (Å²) in [7, 11) is 1.63. The lowest BCUT2D eigenvalue weighted by atomic mass is 9.58. The zero-order valence-electron chi connectivity index (χ0n) is 14.0. The van der Waals surface area contributed by atoms with Crippen LogP contribution in [-0.2, 0) is 16.0 Å². The highest BCUT2D eigenvalue weighted by atomic mass is 16.5. The number of hydrogen-bond acceptors (Lipinski definition) is 4. The first-order valence-corrected chi connectivity index (χ1v) is 8.72. The molecule has 3 aliphatic carbocycles. The van der Waals surface area contributed by atoms with Crippen LogP contribution in [0.15, 0.2) is 24.3 Å². The molecule has 3 saturated carbocycles. The number of carboxylic acids is 1. The molecule has 3 fully saturated rings. The molecule has 5 heteroatoms. The maximum Gasteiger partial charge on any atom is 0.224 e. The Kier molecular flexibility index (Phi) is 5.07. The van der Waals surface area contributed by atoms with Gasteiger partial charge >= 0.3 is 0 Å². The van der Waals surface area contributed by atoms with Gasteiger partial charge in [-0.2, -0.15) is 0 Å². The number of ether oxygens (including phenoxy) is 1. The van der Waals surface area contributed by atoms with Gasteiger partial charge in [-0.25, -0.2) is 0 Å². The molecular formula is C19H24NO4-. The number of para-hydroxylation sites is 1. The first-order valence-electron chi connectivity index (χ1n) is 8.72. The number of nitrogens with one attached hydrogen (secondary N) is 1. The summed E-state index contributed by atoms with van der Waals surface area (Å²) >= 11 is 0. The fraction of sp³-hybridized carbons (Fsp3) is 0.579. The molecule has 4 rings (SSSR count). The van der Waals surface area contributed by atoms with E-state index in [4.69, 9.17) is 4.74 Å². The van der Waals surface area contributed by atoms with Crippen molar-refractivity contribution in [1.29, 1.82) is 0 Å². The summed E-state index contributed by atoms with van der Waals surface area (Å²) in [5.41, 5.74) is 1.03. The van der Waals surface area contributed by atoms with Crippen LogP contribution < -0.4 is 15.2 Å². The highest BCUT2D eigenvalue weighted by Crippen LogP contribution is 2.48. The third-order valence-electron chi connectivity index (χ3n) is 5.68. The molecule has 2 bridgehead atoms. The topological polar surface area (TPSA) is 78.5 Å². The molecule has 0 aromatic heterocycles. The number of amides is 1. The van der Waals surface area contributed by atoms with Crippen molar-refractivity contribution in [3.8, 4) is 5.75 Å². The van der Waals surface area contributed by atoms with E-state index in [1.807, 2.05) is 24.3 Å². The standard InChI is InChI=1S/C19H25NO4/c1-24-15-5-3-2-4-12(15)10-11-20-18(21)16-13-6-8-14(9-7-13)17(16)19(22)23/h2-5,13-14,16-17H,6-11H2,1H3,(H,20,21)(H,22,23)/p-1/t13?,14?,16-,17+/m0/s1. The summed E-state index contributed by atoms with van der Waals surface area (Å²) in [6, 6.07) is 7.71. The van der Waals surface area contributed by atoms with Crippen molar-refractivity contribution in [2.45, 2.75) is 32.1 Å². The Morgan fingerprint density at radius 3 is 2.38 bits per heavy atom. The average molecular weight is 330 g/mol. The number of methoxy groups -OCH3 is 1. The number of fused-ring (bicyclic) bond motifs is 3. The van der Waals surface area contributed by atoms with E-state index in [1.54, 1.807) is 7.11 Å². The van der Waals surface area contributed by atoms with Crippen LogP contribution in [0.1, 0.15) is 31.2 Å². The van der Waals surface area contributed by atoms with E-state index in [0.717, 1.165) is 37.0 Å². The molecule has 0 unspecified atom stereocenters. The van der Waals surface area contributed by atoms with Crippen LogP contribution in [0.5, 0.6) is 5.75 Å². The molecule has 1 amide bonds. The first kappa shape index (κ1) is 16.8. The van der Waals surface area contributed by atoms with Gasteiger partial charge in [0.15, 0.2) is 0 Å². The molecule has 24 heavy (non-hydrogen) atoms. The average Bonchev–Trinajstić information content (AvgIpc) is 2.62. The number of benzene rings is 1. The number of rotatable bonds is 6. The number of aliphatic carboxylic acids is 1. The van der Waals surface area contributed by atoms with Crippen molar-refractivity contribution in [2.75, 3.05) is 13.7 Å². The van der Waals surface area contributed by atoms with Crippen LogP contribution in [0, 0.1) is 23.7 Å². The van der Waals surface area contributed by atoms with Gasteiger partial charge in [-0.15, -0.1) is 0 Å². The third-order valence-corrected chi connectivity index (χ3v) is 5.68. The molecule has 2 atom stereocenters. The highest BCUT2D eigenvalue weighted by Gasteiger charge is 2.47. The number of carbonyl (C=O) groups excluding carboxylic acids is 2. The molecule has 130 valence electrons. The van der Waals surface area contributed by atoms with E-state index in [-0.39, 0.29) is 17.7 Å². The van der Waals surface area contributed by atoms with Crippen LogP contribution in [-0.4, -0.2) is 25.5 Å². The van der Waals surface area contributed by atoms with Gasteiger partial charge in [0.2, 0.25) is 5.91 Å². The van der Waals surface area contributed by atoms with Crippen LogP contribution in [0.3, 0.4) is 0 Å². The largest absolute Gasteiger partial charge is 0.550 e. The predicted molar refractivity (Wildman–Crippen MR) is 87.1 cm³/mol. The van der Waals surface area contributed by atoms with Crippen LogP contribution >= 0.6 is 0 Å². The van der Waals surface area contributed by atoms with Crippen LogP contribution in [0.4, 0.5) is 0 Å². The fourth-order valence-corrected chi connectivity index (χ4v) is 4.51. The Balaban J connectivity index is 1.61. The monoisotopic (exact) mass is 330 g/mol. The second-order valence-electron chi connectivity index (χ2n) is 6.90. The van der Waals surface area contributed by atoms with Gasteiger partial charge in [-0.05, 0) is 55.6 Å². The van der Waals surface area contributed by atoms with Gasteiger partial charge in [-0.3, -0.25) is 4.79 Å². The van der Waals surface area contributed by atoms with Crippen molar-refractivity contribution in [1.82, 2.24) is 5.32 Å². The number of hydrogen-bond donors (Lipinski definition) is 1. The maximum absolute atomic E-state index is 12.6. The lowest BCUT2D eigenvalue weighted by Gasteiger charge is -2.48. The van der Waals surface area contributed by atoms with Gasteiger partial charge in [0.25, 0.3) is 0 Å². The van der Waals surface area contributed by atoms with E-state index >= 15 is 0 Å². The quantitative estimate of drug-likeness (QED) is 0.849. The molecule has 0 radical (unpaired) electrons. The molecule has 1 N–H and O–H groups in total. The minimum absolute atomic E-state index is 0.102. The van der Waals surface area contributed by atoms with Crippen LogP contribution in [0.2, 0.25) is 0 Å². The SMILES string of the molecule is COc1ccccc1CCNC(=O)[C@H]1C2CCC(CC2)[C@H]1C(=O)[O-]. The van der Waals surface area contributed by atoms with Gasteiger partial charge in [0.05, 0.1) is 7.11 Å². The zero-order valence-corrected chi connectivity index (χ0v) is 14.0. The zero-order chi connectivity index (χ0) is 17.1. The molecule has 3 aliphatic rings. The minimum Gasteiger partial charge on any atom is -0.550 e. The second-order valence-corrected chi connectivity index (χ2v) is 6.90. The molecule has 1 aromatic rings. The molecule has 0 aliphatic heterocycles. The Bertz CT molecular complexity index is 607. The molecule has 5 nitrogen and oxygen atoms in total. The first-order chi connectivity index (χ1) is 11.6. The van der Waals surface area contributed by atoms with E-state index < -0.39 is 17.8 Å². The van der Waals surface area contributed by atoms with E-state index in [0.29, 0.717) is 13.0 Å². The molecule has 0 heterocycles. The Hall–Kier alpha value is -2.04. The number of carboxylic acid groups (broad SMARTS) is 1. The summed E-state index contributed by atoms with van der Waals surface area (Å²) in [6.07, 6.45) is 4.40. The summed E-state index contributed by atoms with van der Waals surface area (Å²) in [5, 5.41) is 14.5. The van der Waals surface area contributed by atoms with Gasteiger partial charge < -0.3 is 20.0 Å². The highest BCUT2D eigenvalue weighted by molar-refractivity contribution is 5.85. The second kappa shape index (κ2) is 7.24. The maximum atomic E-state index is 12.6. The lowest BCUT2D eigenvalue weighted by Crippen LogP contribution is -2.54. The van der Waals surface area contributed by atoms with E-state index in [2.05, 4.69) is 5.32 Å². The summed E-state index contributed by atoms with van der Waals surface area (Å²) in [6.45, 7) is 0.479. The molecule has 0 saturated heterocycles. The molecular weight excluding hydrogens is 306 g/mol. The summed E-state index contributed by atoms with van der Waals surface area (Å²) in [5.74, 6) is -1.16. The lowest BCUT2D eigenvalue weighted by molar-refractivity contribution is -0.318. The van der Waals surface area contributed by atoms with Crippen molar-refractivity contribution >= 4 is 11.9 Å². The molecule has 1 aromatic carbocycles.